The Morgan fingerprint density at radius 1 is 1.20 bits per heavy atom. The highest BCUT2D eigenvalue weighted by Crippen LogP contribution is 2.15. The number of rotatable bonds is 4. The Kier molecular flexibility index (Phi) is 5.17. The van der Waals surface area contributed by atoms with Gasteiger partial charge >= 0.3 is 0 Å². The van der Waals surface area contributed by atoms with Crippen molar-refractivity contribution in [1.29, 1.82) is 0 Å². The van der Waals surface area contributed by atoms with Crippen LogP contribution in [0.1, 0.15) is 41.4 Å². The minimum Gasteiger partial charge on any atom is -0.346 e. The number of amides is 1. The van der Waals surface area contributed by atoms with Crippen LogP contribution in [-0.2, 0) is 6.42 Å². The molecule has 0 aromatic heterocycles. The van der Waals surface area contributed by atoms with Crippen molar-refractivity contribution < 1.29 is 4.79 Å². The molecule has 2 rings (SSSR count). The second-order valence-corrected chi connectivity index (χ2v) is 6.05. The van der Waals surface area contributed by atoms with E-state index in [2.05, 4.69) is 59.1 Å². The summed E-state index contributed by atoms with van der Waals surface area (Å²) in [7, 11) is 0. The van der Waals surface area contributed by atoms with E-state index in [1.165, 1.54) is 5.56 Å². The SMILES string of the molecule is CCc1ccc([C@H](C)NC(=O)c2cccc(I)c2)cc1. The molecule has 0 bridgehead atoms. The lowest BCUT2D eigenvalue weighted by molar-refractivity contribution is 0.0940. The largest absolute Gasteiger partial charge is 0.346 e. The van der Waals surface area contributed by atoms with Gasteiger partial charge in [0.05, 0.1) is 6.04 Å². The van der Waals surface area contributed by atoms with Crippen LogP contribution in [0, 0.1) is 3.57 Å². The Labute approximate surface area is 133 Å². The van der Waals surface area contributed by atoms with Crippen LogP contribution in [0.5, 0.6) is 0 Å². The number of hydrogen-bond donors (Lipinski definition) is 1. The van der Waals surface area contributed by atoms with E-state index in [0.29, 0.717) is 5.56 Å². The fourth-order valence-corrected chi connectivity index (χ4v) is 2.58. The third-order valence-corrected chi connectivity index (χ3v) is 3.99. The van der Waals surface area contributed by atoms with E-state index < -0.39 is 0 Å². The van der Waals surface area contributed by atoms with Gasteiger partial charge in [0, 0.05) is 9.13 Å². The average Bonchev–Trinajstić information content (AvgIpc) is 2.47. The first-order chi connectivity index (χ1) is 9.60. The highest BCUT2D eigenvalue weighted by atomic mass is 127. The predicted octanol–water partition coefficient (Wildman–Crippen LogP) is 4.34. The van der Waals surface area contributed by atoms with Crippen LogP contribution >= 0.6 is 22.6 Å². The molecule has 0 heterocycles. The third-order valence-electron chi connectivity index (χ3n) is 3.32. The Morgan fingerprint density at radius 3 is 2.50 bits per heavy atom. The normalized spacial score (nSPS) is 11.9. The highest BCUT2D eigenvalue weighted by Gasteiger charge is 2.11. The Bertz CT molecular complexity index is 592. The zero-order valence-corrected chi connectivity index (χ0v) is 13.8. The van der Waals surface area contributed by atoms with Gasteiger partial charge in [-0.15, -0.1) is 0 Å². The fourth-order valence-electron chi connectivity index (χ4n) is 2.04. The van der Waals surface area contributed by atoms with Crippen molar-refractivity contribution in [2.45, 2.75) is 26.3 Å². The molecule has 0 unspecified atom stereocenters. The maximum absolute atomic E-state index is 12.2. The molecule has 1 atom stereocenters. The summed E-state index contributed by atoms with van der Waals surface area (Å²) in [5.74, 6) is -0.0319. The second kappa shape index (κ2) is 6.88. The Morgan fingerprint density at radius 2 is 1.90 bits per heavy atom. The van der Waals surface area contributed by atoms with Crippen molar-refractivity contribution in [2.24, 2.45) is 0 Å². The molecule has 104 valence electrons. The summed E-state index contributed by atoms with van der Waals surface area (Å²) in [4.78, 5) is 12.2. The lowest BCUT2D eigenvalue weighted by Gasteiger charge is -2.15. The molecule has 1 amide bonds. The van der Waals surface area contributed by atoms with E-state index in [1.54, 1.807) is 0 Å². The number of carbonyl (C=O) groups is 1. The molecule has 0 aliphatic rings. The number of carbonyl (C=O) groups excluding carboxylic acids is 1. The summed E-state index contributed by atoms with van der Waals surface area (Å²) >= 11 is 2.21. The highest BCUT2D eigenvalue weighted by molar-refractivity contribution is 14.1. The molecule has 2 aromatic carbocycles. The quantitative estimate of drug-likeness (QED) is 0.787. The summed E-state index contributed by atoms with van der Waals surface area (Å²) in [6, 6.07) is 16.0. The van der Waals surface area contributed by atoms with Crippen molar-refractivity contribution in [1.82, 2.24) is 5.32 Å². The standard InChI is InChI=1S/C17H18INO/c1-3-13-7-9-14(10-8-13)12(2)19-17(20)15-5-4-6-16(18)11-15/h4-12H,3H2,1-2H3,(H,19,20)/t12-/m0/s1. The fraction of sp³-hybridized carbons (Fsp3) is 0.235. The molecular weight excluding hydrogens is 361 g/mol. The van der Waals surface area contributed by atoms with Crippen LogP contribution in [0.4, 0.5) is 0 Å². The van der Waals surface area contributed by atoms with Crippen LogP contribution in [0.3, 0.4) is 0 Å². The molecule has 3 heteroatoms. The molecule has 0 saturated carbocycles. The zero-order chi connectivity index (χ0) is 14.5. The molecule has 0 radical (unpaired) electrons. The smallest absolute Gasteiger partial charge is 0.251 e. The van der Waals surface area contributed by atoms with Crippen molar-refractivity contribution >= 4 is 28.5 Å². The van der Waals surface area contributed by atoms with Gasteiger partial charge in [-0.25, -0.2) is 0 Å². The lowest BCUT2D eigenvalue weighted by Crippen LogP contribution is -2.26. The first kappa shape index (κ1) is 15.0. The van der Waals surface area contributed by atoms with Crippen LogP contribution in [-0.4, -0.2) is 5.91 Å². The molecule has 0 aliphatic carbocycles. The average molecular weight is 379 g/mol. The summed E-state index contributed by atoms with van der Waals surface area (Å²) in [5, 5.41) is 3.03. The van der Waals surface area contributed by atoms with Crippen molar-refractivity contribution in [2.75, 3.05) is 0 Å². The van der Waals surface area contributed by atoms with E-state index in [9.17, 15) is 4.79 Å². The van der Waals surface area contributed by atoms with E-state index in [-0.39, 0.29) is 11.9 Å². The molecule has 0 aliphatic heterocycles. The number of aryl methyl sites for hydroxylation is 1. The number of hydrogen-bond acceptors (Lipinski definition) is 1. The Balaban J connectivity index is 2.06. The van der Waals surface area contributed by atoms with Crippen LogP contribution in [0.15, 0.2) is 48.5 Å². The second-order valence-electron chi connectivity index (χ2n) is 4.80. The van der Waals surface area contributed by atoms with Gasteiger partial charge in [0.15, 0.2) is 0 Å². The van der Waals surface area contributed by atoms with Gasteiger partial charge in [-0.2, -0.15) is 0 Å². The molecule has 0 spiro atoms. The maximum Gasteiger partial charge on any atom is 0.251 e. The summed E-state index contributed by atoms with van der Waals surface area (Å²) in [5.41, 5.74) is 3.14. The van der Waals surface area contributed by atoms with Crippen LogP contribution in [0.25, 0.3) is 0 Å². The lowest BCUT2D eigenvalue weighted by atomic mass is 10.0. The third kappa shape index (κ3) is 3.82. The molecular formula is C17H18INO. The van der Waals surface area contributed by atoms with Gasteiger partial charge in [0.25, 0.3) is 5.91 Å². The van der Waals surface area contributed by atoms with Crippen molar-refractivity contribution in [3.63, 3.8) is 0 Å². The molecule has 1 N–H and O–H groups in total. The molecule has 2 nitrogen and oxygen atoms in total. The van der Waals surface area contributed by atoms with Crippen molar-refractivity contribution in [3.05, 3.63) is 68.8 Å². The minimum atomic E-state index is -0.0319. The maximum atomic E-state index is 12.2. The number of benzene rings is 2. The summed E-state index contributed by atoms with van der Waals surface area (Å²) in [6.07, 6.45) is 1.03. The zero-order valence-electron chi connectivity index (χ0n) is 11.7. The van der Waals surface area contributed by atoms with Gasteiger partial charge < -0.3 is 5.32 Å². The Hall–Kier alpha value is -1.36. The van der Waals surface area contributed by atoms with Gasteiger partial charge in [0.1, 0.15) is 0 Å². The minimum absolute atomic E-state index is 0.00581. The first-order valence-corrected chi connectivity index (χ1v) is 7.83. The van der Waals surface area contributed by atoms with Gasteiger partial charge in [-0.3, -0.25) is 4.79 Å². The molecule has 0 fully saturated rings. The van der Waals surface area contributed by atoms with E-state index in [1.807, 2.05) is 31.2 Å². The molecule has 2 aromatic rings. The van der Waals surface area contributed by atoms with Crippen LogP contribution in [0.2, 0.25) is 0 Å². The topological polar surface area (TPSA) is 29.1 Å². The van der Waals surface area contributed by atoms with Gasteiger partial charge in [-0.05, 0) is 65.3 Å². The monoisotopic (exact) mass is 379 g/mol. The van der Waals surface area contributed by atoms with Crippen molar-refractivity contribution in [3.8, 4) is 0 Å². The van der Waals surface area contributed by atoms with Gasteiger partial charge in [0.2, 0.25) is 0 Å². The number of halogens is 1. The van der Waals surface area contributed by atoms with Crippen LogP contribution < -0.4 is 5.32 Å². The number of nitrogens with one attached hydrogen (secondary N) is 1. The summed E-state index contributed by atoms with van der Waals surface area (Å²) < 4.78 is 1.07. The summed E-state index contributed by atoms with van der Waals surface area (Å²) in [6.45, 7) is 4.14. The predicted molar refractivity (Wildman–Crippen MR) is 90.9 cm³/mol. The molecule has 20 heavy (non-hydrogen) atoms. The van der Waals surface area contributed by atoms with E-state index in [4.69, 9.17) is 0 Å². The first-order valence-electron chi connectivity index (χ1n) is 6.75. The van der Waals surface area contributed by atoms with Gasteiger partial charge in [-0.1, -0.05) is 37.3 Å². The van der Waals surface area contributed by atoms with E-state index >= 15 is 0 Å². The van der Waals surface area contributed by atoms with E-state index in [0.717, 1.165) is 15.6 Å². The molecule has 0 saturated heterocycles.